The van der Waals surface area contributed by atoms with E-state index in [9.17, 15) is 9.90 Å². The molecule has 2 unspecified atom stereocenters. The fourth-order valence-electron chi connectivity index (χ4n) is 2.80. The molecule has 3 N–H and O–H groups in total. The van der Waals surface area contributed by atoms with Crippen molar-refractivity contribution in [3.63, 3.8) is 0 Å². The lowest BCUT2D eigenvalue weighted by atomic mass is 9.99. The Balaban J connectivity index is 2.04. The van der Waals surface area contributed by atoms with Gasteiger partial charge in [-0.2, -0.15) is 0 Å². The predicted molar refractivity (Wildman–Crippen MR) is 60.3 cm³/mol. The van der Waals surface area contributed by atoms with Gasteiger partial charge in [-0.05, 0) is 25.7 Å². The molecule has 2 aliphatic rings. The van der Waals surface area contributed by atoms with E-state index in [4.69, 9.17) is 18.0 Å². The van der Waals surface area contributed by atoms with Crippen LogP contribution in [0.2, 0.25) is 0 Å². The van der Waals surface area contributed by atoms with Crippen molar-refractivity contribution in [1.29, 1.82) is 0 Å². The summed E-state index contributed by atoms with van der Waals surface area (Å²) < 4.78 is 0. The fourth-order valence-corrected chi connectivity index (χ4v) is 2.92. The Morgan fingerprint density at radius 2 is 1.93 bits per heavy atom. The number of rotatable bonds is 2. The highest BCUT2D eigenvalue weighted by Crippen LogP contribution is 2.35. The van der Waals surface area contributed by atoms with Crippen molar-refractivity contribution in [1.82, 2.24) is 4.90 Å². The zero-order valence-electron chi connectivity index (χ0n) is 8.56. The summed E-state index contributed by atoms with van der Waals surface area (Å²) in [5.41, 5.74) is 5.37. The van der Waals surface area contributed by atoms with Crippen LogP contribution in [-0.2, 0) is 4.79 Å². The molecule has 2 saturated heterocycles. The molecule has 0 spiro atoms. The lowest BCUT2D eigenvalue weighted by Crippen LogP contribution is -2.48. The van der Waals surface area contributed by atoms with Crippen LogP contribution in [0.5, 0.6) is 0 Å². The molecule has 0 aromatic heterocycles. The van der Waals surface area contributed by atoms with E-state index in [1.807, 2.05) is 4.90 Å². The number of hydrogen-bond acceptors (Lipinski definition) is 3. The van der Waals surface area contributed by atoms with Crippen LogP contribution in [0.25, 0.3) is 0 Å². The molecule has 0 aromatic rings. The first-order valence-corrected chi connectivity index (χ1v) is 5.76. The van der Waals surface area contributed by atoms with Gasteiger partial charge in [0.05, 0.1) is 17.5 Å². The van der Waals surface area contributed by atoms with E-state index in [0.717, 1.165) is 12.8 Å². The van der Waals surface area contributed by atoms with Gasteiger partial charge in [-0.15, -0.1) is 0 Å². The number of aliphatic hydroxyl groups excluding tert-OH is 1. The largest absolute Gasteiger partial charge is 0.393 e. The Morgan fingerprint density at radius 3 is 2.40 bits per heavy atom. The van der Waals surface area contributed by atoms with E-state index in [2.05, 4.69) is 0 Å². The molecule has 1 amide bonds. The number of thiocarbonyl (C=S) groups is 1. The monoisotopic (exact) mass is 228 g/mol. The molecule has 0 aliphatic carbocycles. The number of amides is 1. The van der Waals surface area contributed by atoms with Crippen molar-refractivity contribution >= 4 is 23.1 Å². The minimum absolute atomic E-state index is 0.0295. The molecule has 5 heteroatoms. The third-order valence-corrected chi connectivity index (χ3v) is 3.47. The number of piperidine rings is 1. The Morgan fingerprint density at radius 1 is 1.40 bits per heavy atom. The van der Waals surface area contributed by atoms with E-state index in [-0.39, 0.29) is 35.5 Å². The molecule has 2 rings (SSSR count). The van der Waals surface area contributed by atoms with Crippen LogP contribution in [0, 0.1) is 0 Å². The van der Waals surface area contributed by atoms with Crippen LogP contribution in [-0.4, -0.2) is 39.1 Å². The minimum Gasteiger partial charge on any atom is -0.393 e. The SMILES string of the molecule is NC(=S)CC(=O)N1C2CCC1CC(O)C2. The minimum atomic E-state index is -0.239. The van der Waals surface area contributed by atoms with Crippen LogP contribution in [0.4, 0.5) is 0 Å². The molecule has 2 atom stereocenters. The van der Waals surface area contributed by atoms with Crippen LogP contribution in [0.3, 0.4) is 0 Å². The zero-order chi connectivity index (χ0) is 11.0. The average molecular weight is 228 g/mol. The molecular weight excluding hydrogens is 212 g/mol. The van der Waals surface area contributed by atoms with Gasteiger partial charge in [0.2, 0.25) is 5.91 Å². The predicted octanol–water partition coefficient (Wildman–Crippen LogP) is 0.177. The zero-order valence-corrected chi connectivity index (χ0v) is 9.37. The summed E-state index contributed by atoms with van der Waals surface area (Å²) in [4.78, 5) is 14.0. The van der Waals surface area contributed by atoms with Gasteiger partial charge in [0.25, 0.3) is 0 Å². The van der Waals surface area contributed by atoms with E-state index in [1.165, 1.54) is 0 Å². The Hall–Kier alpha value is -0.680. The summed E-state index contributed by atoms with van der Waals surface area (Å²) in [7, 11) is 0. The second-order valence-electron chi connectivity index (χ2n) is 4.45. The summed E-state index contributed by atoms with van der Waals surface area (Å²) in [5, 5.41) is 9.58. The number of nitrogens with two attached hydrogens (primary N) is 1. The van der Waals surface area contributed by atoms with Gasteiger partial charge in [0, 0.05) is 12.1 Å². The van der Waals surface area contributed by atoms with Crippen LogP contribution >= 0.6 is 12.2 Å². The summed E-state index contributed by atoms with van der Waals surface area (Å²) in [6.45, 7) is 0. The van der Waals surface area contributed by atoms with Crippen LogP contribution in [0.15, 0.2) is 0 Å². The van der Waals surface area contributed by atoms with Crippen molar-refractivity contribution in [2.24, 2.45) is 5.73 Å². The van der Waals surface area contributed by atoms with Crippen molar-refractivity contribution in [2.45, 2.75) is 50.3 Å². The molecule has 2 fully saturated rings. The van der Waals surface area contributed by atoms with Gasteiger partial charge in [-0.1, -0.05) is 12.2 Å². The third-order valence-electron chi connectivity index (χ3n) is 3.32. The summed E-state index contributed by atoms with van der Waals surface area (Å²) >= 11 is 4.74. The molecule has 0 radical (unpaired) electrons. The third kappa shape index (κ3) is 2.13. The number of aliphatic hydroxyl groups is 1. The second kappa shape index (κ2) is 4.06. The first-order chi connectivity index (χ1) is 7.08. The second-order valence-corrected chi connectivity index (χ2v) is 4.98. The van der Waals surface area contributed by atoms with Crippen molar-refractivity contribution in [2.75, 3.05) is 0 Å². The summed E-state index contributed by atoms with van der Waals surface area (Å²) in [5.74, 6) is 0.0295. The molecule has 84 valence electrons. The maximum Gasteiger partial charge on any atom is 0.229 e. The molecule has 0 saturated carbocycles. The number of fused-ring (bicyclic) bond motifs is 2. The Kier molecular flexibility index (Phi) is 2.93. The van der Waals surface area contributed by atoms with E-state index < -0.39 is 0 Å². The van der Waals surface area contributed by atoms with Crippen molar-refractivity contribution in [3.05, 3.63) is 0 Å². The molecule has 0 aromatic carbocycles. The van der Waals surface area contributed by atoms with Crippen LogP contribution in [0.1, 0.15) is 32.1 Å². The summed E-state index contributed by atoms with van der Waals surface area (Å²) in [6, 6.07) is 0.418. The Bertz CT molecular complexity index is 281. The summed E-state index contributed by atoms with van der Waals surface area (Å²) in [6.07, 6.45) is 3.35. The average Bonchev–Trinajstić information content (AvgIpc) is 2.38. The number of carbonyl (C=O) groups is 1. The molecule has 15 heavy (non-hydrogen) atoms. The van der Waals surface area contributed by atoms with Gasteiger partial charge >= 0.3 is 0 Å². The van der Waals surface area contributed by atoms with Gasteiger partial charge in [0.15, 0.2) is 0 Å². The van der Waals surface area contributed by atoms with Crippen molar-refractivity contribution in [3.8, 4) is 0 Å². The van der Waals surface area contributed by atoms with E-state index in [0.29, 0.717) is 12.8 Å². The van der Waals surface area contributed by atoms with Crippen LogP contribution < -0.4 is 5.73 Å². The van der Waals surface area contributed by atoms with Crippen molar-refractivity contribution < 1.29 is 9.90 Å². The molecule has 2 bridgehead atoms. The number of hydrogen-bond donors (Lipinski definition) is 2. The molecule has 2 heterocycles. The van der Waals surface area contributed by atoms with E-state index in [1.54, 1.807) is 0 Å². The quantitative estimate of drug-likeness (QED) is 0.662. The molecular formula is C10H16N2O2S. The highest BCUT2D eigenvalue weighted by atomic mass is 32.1. The highest BCUT2D eigenvalue weighted by Gasteiger charge is 2.42. The first-order valence-electron chi connectivity index (χ1n) is 5.35. The van der Waals surface area contributed by atoms with Gasteiger partial charge < -0.3 is 15.7 Å². The van der Waals surface area contributed by atoms with Gasteiger partial charge in [-0.25, -0.2) is 0 Å². The topological polar surface area (TPSA) is 66.6 Å². The molecule has 2 aliphatic heterocycles. The van der Waals surface area contributed by atoms with Gasteiger partial charge in [0.1, 0.15) is 0 Å². The lowest BCUT2D eigenvalue weighted by molar-refractivity contribution is -0.136. The standard InChI is InChI=1S/C10H16N2O2S/c11-9(15)5-10(14)12-6-1-2-7(12)4-8(13)3-6/h6-8,13H,1-5H2,(H2,11,15). The fraction of sp³-hybridized carbons (Fsp3) is 0.800. The number of carbonyl (C=O) groups excluding carboxylic acids is 1. The maximum absolute atomic E-state index is 11.9. The lowest BCUT2D eigenvalue weighted by Gasteiger charge is -2.37. The normalized spacial score (nSPS) is 34.2. The molecule has 4 nitrogen and oxygen atoms in total. The number of nitrogens with zero attached hydrogens (tertiary/aromatic N) is 1. The maximum atomic E-state index is 11.9. The smallest absolute Gasteiger partial charge is 0.229 e. The van der Waals surface area contributed by atoms with Gasteiger partial charge in [-0.3, -0.25) is 4.79 Å². The Labute approximate surface area is 94.4 Å². The highest BCUT2D eigenvalue weighted by molar-refractivity contribution is 7.80. The first kappa shape index (κ1) is 10.8. The van der Waals surface area contributed by atoms with E-state index >= 15 is 0 Å².